The number of carbonyl (C=O) groups excluding carboxylic acids is 1. The Labute approximate surface area is 141 Å². The van der Waals surface area contributed by atoms with Crippen molar-refractivity contribution >= 4 is 15.9 Å². The Morgan fingerprint density at radius 3 is 2.46 bits per heavy atom. The highest BCUT2D eigenvalue weighted by molar-refractivity contribution is 7.89. The Morgan fingerprint density at radius 2 is 1.83 bits per heavy atom. The van der Waals surface area contributed by atoms with Crippen LogP contribution in [0.5, 0.6) is 0 Å². The maximum Gasteiger partial charge on any atom is 0.253 e. The summed E-state index contributed by atoms with van der Waals surface area (Å²) in [6.45, 7) is 1.78. The largest absolute Gasteiger partial charge is 0.339 e. The first-order chi connectivity index (χ1) is 11.6. The van der Waals surface area contributed by atoms with Crippen molar-refractivity contribution in [2.24, 2.45) is 0 Å². The fourth-order valence-electron chi connectivity index (χ4n) is 2.64. The van der Waals surface area contributed by atoms with Gasteiger partial charge in [0.2, 0.25) is 10.0 Å². The number of amides is 1. The minimum absolute atomic E-state index is 0.0370. The van der Waals surface area contributed by atoms with E-state index in [4.69, 9.17) is 0 Å². The fourth-order valence-corrected chi connectivity index (χ4v) is 3.62. The first kappa shape index (κ1) is 16.6. The van der Waals surface area contributed by atoms with E-state index in [1.54, 1.807) is 30.3 Å². The van der Waals surface area contributed by atoms with Gasteiger partial charge in [0.25, 0.3) is 5.91 Å². The number of likely N-dealkylation sites (tertiary alicyclic amines) is 1. The van der Waals surface area contributed by atoms with Crippen LogP contribution in [0.4, 0.5) is 0 Å². The molecule has 0 radical (unpaired) electrons. The van der Waals surface area contributed by atoms with Crippen LogP contribution in [0.1, 0.15) is 28.8 Å². The number of benzene rings is 1. The lowest BCUT2D eigenvalue weighted by Crippen LogP contribution is -2.27. The van der Waals surface area contributed by atoms with Gasteiger partial charge in [0.15, 0.2) is 0 Å². The normalized spacial score (nSPS) is 14.8. The van der Waals surface area contributed by atoms with Crippen molar-refractivity contribution in [1.82, 2.24) is 14.6 Å². The van der Waals surface area contributed by atoms with Gasteiger partial charge in [-0.1, -0.05) is 12.1 Å². The molecule has 0 bridgehead atoms. The first-order valence-corrected chi connectivity index (χ1v) is 9.32. The van der Waals surface area contributed by atoms with E-state index >= 15 is 0 Å². The maximum atomic E-state index is 12.3. The third-order valence-electron chi connectivity index (χ3n) is 4.01. The molecule has 1 aromatic carbocycles. The average molecular weight is 345 g/mol. The van der Waals surface area contributed by atoms with Crippen LogP contribution in [0.2, 0.25) is 0 Å². The number of hydrogen-bond acceptors (Lipinski definition) is 4. The number of aromatic nitrogens is 1. The summed E-state index contributed by atoms with van der Waals surface area (Å²) in [6.07, 6.45) is 4.94. The molecule has 1 N–H and O–H groups in total. The van der Waals surface area contributed by atoms with Gasteiger partial charge in [0, 0.05) is 37.6 Å². The zero-order valence-electron chi connectivity index (χ0n) is 13.2. The summed E-state index contributed by atoms with van der Waals surface area (Å²) in [7, 11) is -3.59. The van der Waals surface area contributed by atoms with E-state index in [0.29, 0.717) is 5.56 Å². The third-order valence-corrected chi connectivity index (χ3v) is 5.39. The van der Waals surface area contributed by atoms with Crippen LogP contribution in [0.3, 0.4) is 0 Å². The summed E-state index contributed by atoms with van der Waals surface area (Å²) < 4.78 is 26.8. The second-order valence-electron chi connectivity index (χ2n) is 5.71. The lowest BCUT2D eigenvalue weighted by Gasteiger charge is -2.15. The van der Waals surface area contributed by atoms with Crippen molar-refractivity contribution in [2.75, 3.05) is 13.1 Å². The smallest absolute Gasteiger partial charge is 0.253 e. The van der Waals surface area contributed by atoms with Crippen molar-refractivity contribution in [3.63, 3.8) is 0 Å². The van der Waals surface area contributed by atoms with E-state index < -0.39 is 10.0 Å². The van der Waals surface area contributed by atoms with Gasteiger partial charge in [0.05, 0.1) is 0 Å². The van der Waals surface area contributed by atoms with Crippen molar-refractivity contribution in [3.05, 3.63) is 59.9 Å². The van der Waals surface area contributed by atoms with Crippen LogP contribution < -0.4 is 4.72 Å². The Hall–Kier alpha value is -2.25. The maximum absolute atomic E-state index is 12.3. The Morgan fingerprint density at radius 1 is 1.12 bits per heavy atom. The molecule has 0 aliphatic carbocycles. The molecule has 1 fully saturated rings. The Balaban J connectivity index is 1.63. The number of nitrogens with zero attached hydrogens (tertiary/aromatic N) is 2. The van der Waals surface area contributed by atoms with E-state index in [9.17, 15) is 13.2 Å². The summed E-state index contributed by atoms with van der Waals surface area (Å²) in [5.41, 5.74) is 1.43. The van der Waals surface area contributed by atoms with Crippen molar-refractivity contribution in [3.8, 4) is 0 Å². The highest BCUT2D eigenvalue weighted by atomic mass is 32.2. The summed E-state index contributed by atoms with van der Waals surface area (Å²) >= 11 is 0. The van der Waals surface area contributed by atoms with Crippen LogP contribution >= 0.6 is 0 Å². The molecule has 0 saturated carbocycles. The predicted octanol–water partition coefficient (Wildman–Crippen LogP) is 1.80. The van der Waals surface area contributed by atoms with Crippen molar-refractivity contribution in [2.45, 2.75) is 24.3 Å². The minimum Gasteiger partial charge on any atom is -0.339 e. The van der Waals surface area contributed by atoms with Gasteiger partial charge < -0.3 is 4.90 Å². The molecule has 126 valence electrons. The monoisotopic (exact) mass is 345 g/mol. The summed E-state index contributed by atoms with van der Waals surface area (Å²) in [5, 5.41) is 0. The average Bonchev–Trinajstić information content (AvgIpc) is 3.15. The van der Waals surface area contributed by atoms with Gasteiger partial charge in [0.1, 0.15) is 4.90 Å². The third kappa shape index (κ3) is 3.80. The Bertz CT molecular complexity index is 799. The van der Waals surface area contributed by atoms with Gasteiger partial charge in [-0.15, -0.1) is 0 Å². The van der Waals surface area contributed by atoms with Gasteiger partial charge >= 0.3 is 0 Å². The molecule has 2 heterocycles. The number of sulfonamides is 1. The molecule has 7 heteroatoms. The van der Waals surface area contributed by atoms with Crippen LogP contribution in [0.25, 0.3) is 0 Å². The molecule has 1 amide bonds. The highest BCUT2D eigenvalue weighted by Gasteiger charge is 2.19. The molecule has 6 nitrogen and oxygen atoms in total. The summed E-state index contributed by atoms with van der Waals surface area (Å²) in [4.78, 5) is 18.1. The number of nitrogens with one attached hydrogen (secondary N) is 1. The first-order valence-electron chi connectivity index (χ1n) is 7.84. The number of rotatable bonds is 5. The quantitative estimate of drug-likeness (QED) is 0.896. The lowest BCUT2D eigenvalue weighted by molar-refractivity contribution is 0.0793. The van der Waals surface area contributed by atoms with Gasteiger partial charge in [-0.25, -0.2) is 13.1 Å². The van der Waals surface area contributed by atoms with Crippen LogP contribution in [-0.2, 0) is 16.6 Å². The number of hydrogen-bond donors (Lipinski definition) is 1. The standard InChI is InChI=1S/C17H19N3O3S/c21-17(20-10-1-2-11-20)15-7-5-14(6-8-15)12-19-24(22,23)16-4-3-9-18-13-16/h3-9,13,19H,1-2,10-12H2. The molecule has 1 aromatic heterocycles. The molecular weight excluding hydrogens is 326 g/mol. The molecule has 3 rings (SSSR count). The van der Waals surface area contributed by atoms with E-state index in [1.807, 2.05) is 4.90 Å². The molecule has 2 aromatic rings. The Kier molecular flexibility index (Phi) is 4.92. The SMILES string of the molecule is O=C(c1ccc(CNS(=O)(=O)c2cccnc2)cc1)N1CCCC1. The molecule has 1 aliphatic heterocycles. The molecular formula is C17H19N3O3S. The molecule has 0 unspecified atom stereocenters. The summed E-state index contributed by atoms with van der Waals surface area (Å²) in [5.74, 6) is 0.0370. The van der Waals surface area contributed by atoms with Gasteiger partial charge in [-0.3, -0.25) is 9.78 Å². The number of pyridine rings is 1. The van der Waals surface area contributed by atoms with Crippen molar-refractivity contribution in [1.29, 1.82) is 0 Å². The zero-order valence-corrected chi connectivity index (χ0v) is 14.0. The van der Waals surface area contributed by atoms with Gasteiger partial charge in [-0.2, -0.15) is 0 Å². The highest BCUT2D eigenvalue weighted by Crippen LogP contribution is 2.14. The summed E-state index contributed by atoms with van der Waals surface area (Å²) in [6, 6.07) is 10.1. The van der Waals surface area contributed by atoms with E-state index in [1.165, 1.54) is 18.5 Å². The topological polar surface area (TPSA) is 79.4 Å². The van der Waals surface area contributed by atoms with Crippen LogP contribution in [0, 0.1) is 0 Å². The van der Waals surface area contributed by atoms with E-state index in [0.717, 1.165) is 31.5 Å². The zero-order chi connectivity index (χ0) is 17.0. The molecule has 24 heavy (non-hydrogen) atoms. The second-order valence-corrected chi connectivity index (χ2v) is 7.48. The predicted molar refractivity (Wildman–Crippen MR) is 89.8 cm³/mol. The minimum atomic E-state index is -3.59. The lowest BCUT2D eigenvalue weighted by atomic mass is 10.1. The van der Waals surface area contributed by atoms with E-state index in [-0.39, 0.29) is 17.3 Å². The van der Waals surface area contributed by atoms with Crippen molar-refractivity contribution < 1.29 is 13.2 Å². The van der Waals surface area contributed by atoms with Crippen LogP contribution in [0.15, 0.2) is 53.7 Å². The molecule has 1 saturated heterocycles. The van der Waals surface area contributed by atoms with E-state index in [2.05, 4.69) is 9.71 Å². The molecule has 0 spiro atoms. The number of carbonyl (C=O) groups is 1. The van der Waals surface area contributed by atoms with Gasteiger partial charge in [-0.05, 0) is 42.7 Å². The molecule has 0 atom stereocenters. The second kappa shape index (κ2) is 7.11. The molecule has 1 aliphatic rings. The fraction of sp³-hybridized carbons (Fsp3) is 0.294. The van der Waals surface area contributed by atoms with Crippen LogP contribution in [-0.4, -0.2) is 37.3 Å².